The Morgan fingerprint density at radius 3 is 2.88 bits per heavy atom. The van der Waals surface area contributed by atoms with Gasteiger partial charge in [-0.15, -0.1) is 11.3 Å². The highest BCUT2D eigenvalue weighted by atomic mass is 32.1. The van der Waals surface area contributed by atoms with E-state index in [0.29, 0.717) is 12.6 Å². The van der Waals surface area contributed by atoms with E-state index in [4.69, 9.17) is 14.2 Å². The lowest BCUT2D eigenvalue weighted by molar-refractivity contribution is -0.0823. The molecule has 0 unspecified atom stereocenters. The largest absolute Gasteiger partial charge is 0.497 e. The molecule has 1 aromatic carbocycles. The van der Waals surface area contributed by atoms with Gasteiger partial charge in [-0.1, -0.05) is 12.1 Å². The summed E-state index contributed by atoms with van der Waals surface area (Å²) in [5.41, 5.74) is 2.32. The minimum atomic E-state index is 0.112. The summed E-state index contributed by atoms with van der Waals surface area (Å²) in [5.74, 6) is 0.897. The lowest BCUT2D eigenvalue weighted by Gasteiger charge is -2.32. The average molecular weight is 375 g/mol. The number of hydrogen-bond donors (Lipinski definition) is 0. The van der Waals surface area contributed by atoms with Gasteiger partial charge in [0.25, 0.3) is 0 Å². The van der Waals surface area contributed by atoms with Crippen molar-refractivity contribution in [1.82, 2.24) is 9.88 Å². The van der Waals surface area contributed by atoms with Crippen LogP contribution in [0.15, 0.2) is 29.6 Å². The third-order valence-corrected chi connectivity index (χ3v) is 6.06. The summed E-state index contributed by atoms with van der Waals surface area (Å²) in [7, 11) is 1.70. The van der Waals surface area contributed by atoms with Crippen LogP contribution in [0.4, 0.5) is 0 Å². The van der Waals surface area contributed by atoms with Crippen molar-refractivity contribution in [2.45, 2.75) is 51.2 Å². The molecule has 3 heterocycles. The van der Waals surface area contributed by atoms with Crippen LogP contribution in [-0.4, -0.2) is 48.4 Å². The van der Waals surface area contributed by atoms with Gasteiger partial charge in [-0.05, 0) is 37.5 Å². The van der Waals surface area contributed by atoms with Crippen molar-refractivity contribution < 1.29 is 14.2 Å². The monoisotopic (exact) mass is 374 g/mol. The molecule has 0 radical (unpaired) electrons. The van der Waals surface area contributed by atoms with E-state index < -0.39 is 0 Å². The summed E-state index contributed by atoms with van der Waals surface area (Å²) in [6.45, 7) is 5.26. The minimum absolute atomic E-state index is 0.112. The molecule has 0 bridgehead atoms. The van der Waals surface area contributed by atoms with Crippen LogP contribution >= 0.6 is 11.3 Å². The summed E-state index contributed by atoms with van der Waals surface area (Å²) in [6.07, 6.45) is 2.58. The Labute approximate surface area is 158 Å². The quantitative estimate of drug-likeness (QED) is 0.775. The Morgan fingerprint density at radius 2 is 2.15 bits per heavy atom. The fourth-order valence-electron chi connectivity index (χ4n) is 3.96. The zero-order valence-corrected chi connectivity index (χ0v) is 16.2. The number of likely N-dealkylation sites (tertiary alicyclic amines) is 1. The van der Waals surface area contributed by atoms with Crippen molar-refractivity contribution in [3.63, 3.8) is 0 Å². The van der Waals surface area contributed by atoms with E-state index in [2.05, 4.69) is 27.4 Å². The molecule has 0 aliphatic carbocycles. The summed E-state index contributed by atoms with van der Waals surface area (Å²) in [6, 6.07) is 8.78. The fourth-order valence-corrected chi connectivity index (χ4v) is 4.56. The highest BCUT2D eigenvalue weighted by Gasteiger charge is 2.44. The number of aromatic nitrogens is 1. The first-order valence-electron chi connectivity index (χ1n) is 9.24. The van der Waals surface area contributed by atoms with E-state index in [1.807, 2.05) is 19.1 Å². The molecule has 2 saturated heterocycles. The second-order valence-corrected chi connectivity index (χ2v) is 8.09. The van der Waals surface area contributed by atoms with Gasteiger partial charge in [0.1, 0.15) is 11.9 Å². The van der Waals surface area contributed by atoms with Crippen LogP contribution in [0, 0.1) is 6.92 Å². The molecule has 2 fully saturated rings. The minimum Gasteiger partial charge on any atom is -0.497 e. The van der Waals surface area contributed by atoms with Gasteiger partial charge in [-0.25, -0.2) is 4.98 Å². The van der Waals surface area contributed by atoms with Gasteiger partial charge in [0.05, 0.1) is 30.5 Å². The normalized spacial score (nSPS) is 26.0. The SMILES string of the molecule is COc1ccc(CN2C[C@@H](OCc3csc(C)n3)[C@H]3OCCC[C@H]32)cc1. The molecule has 2 aromatic rings. The molecule has 2 aliphatic heterocycles. The molecule has 4 rings (SSSR count). The average Bonchev–Trinajstić information content (AvgIpc) is 3.24. The van der Waals surface area contributed by atoms with E-state index in [-0.39, 0.29) is 12.2 Å². The Bertz CT molecular complexity index is 718. The van der Waals surface area contributed by atoms with Crippen molar-refractivity contribution >= 4 is 11.3 Å². The van der Waals surface area contributed by atoms with Gasteiger partial charge < -0.3 is 14.2 Å². The molecule has 6 heteroatoms. The van der Waals surface area contributed by atoms with Crippen molar-refractivity contribution in [3.05, 3.63) is 45.9 Å². The molecule has 5 nitrogen and oxygen atoms in total. The van der Waals surface area contributed by atoms with E-state index >= 15 is 0 Å². The van der Waals surface area contributed by atoms with Gasteiger partial charge in [0.2, 0.25) is 0 Å². The Kier molecular flexibility index (Phi) is 5.55. The van der Waals surface area contributed by atoms with Crippen molar-refractivity contribution in [2.75, 3.05) is 20.3 Å². The van der Waals surface area contributed by atoms with Crippen molar-refractivity contribution in [2.24, 2.45) is 0 Å². The van der Waals surface area contributed by atoms with E-state index in [1.165, 1.54) is 12.0 Å². The fraction of sp³-hybridized carbons (Fsp3) is 0.550. The number of nitrogens with zero attached hydrogens (tertiary/aromatic N) is 2. The van der Waals surface area contributed by atoms with Gasteiger partial charge >= 0.3 is 0 Å². The number of thiazole rings is 1. The van der Waals surface area contributed by atoms with Crippen LogP contribution in [0.25, 0.3) is 0 Å². The van der Waals surface area contributed by atoms with Crippen LogP contribution < -0.4 is 4.74 Å². The highest BCUT2D eigenvalue weighted by Crippen LogP contribution is 2.32. The van der Waals surface area contributed by atoms with Gasteiger partial charge in [0.15, 0.2) is 0 Å². The molecule has 2 aliphatic rings. The van der Waals surface area contributed by atoms with E-state index in [1.54, 1.807) is 18.4 Å². The Morgan fingerprint density at radius 1 is 1.31 bits per heavy atom. The number of aryl methyl sites for hydroxylation is 1. The van der Waals surface area contributed by atoms with Crippen LogP contribution in [0.3, 0.4) is 0 Å². The molecule has 3 atom stereocenters. The summed E-state index contributed by atoms with van der Waals surface area (Å²) < 4.78 is 17.6. The smallest absolute Gasteiger partial charge is 0.118 e. The summed E-state index contributed by atoms with van der Waals surface area (Å²) >= 11 is 1.67. The number of ether oxygens (including phenoxy) is 3. The summed E-state index contributed by atoms with van der Waals surface area (Å²) in [4.78, 5) is 7.02. The zero-order valence-electron chi connectivity index (χ0n) is 15.4. The van der Waals surface area contributed by atoms with Crippen LogP contribution in [0.1, 0.15) is 29.1 Å². The van der Waals surface area contributed by atoms with E-state index in [9.17, 15) is 0 Å². The van der Waals surface area contributed by atoms with E-state index in [0.717, 1.165) is 42.6 Å². The van der Waals surface area contributed by atoms with Crippen LogP contribution in [-0.2, 0) is 22.6 Å². The van der Waals surface area contributed by atoms with Crippen LogP contribution in [0.5, 0.6) is 5.75 Å². The number of rotatable bonds is 6. The van der Waals surface area contributed by atoms with Gasteiger partial charge in [0, 0.05) is 31.1 Å². The second kappa shape index (κ2) is 8.05. The highest BCUT2D eigenvalue weighted by molar-refractivity contribution is 7.09. The molecule has 0 N–H and O–H groups in total. The summed E-state index contributed by atoms with van der Waals surface area (Å²) in [5, 5.41) is 3.17. The predicted molar refractivity (Wildman–Crippen MR) is 102 cm³/mol. The maximum Gasteiger partial charge on any atom is 0.118 e. The molecule has 0 amide bonds. The predicted octanol–water partition coefficient (Wildman–Crippen LogP) is 3.41. The third-order valence-electron chi connectivity index (χ3n) is 5.24. The van der Waals surface area contributed by atoms with Crippen LogP contribution in [0.2, 0.25) is 0 Å². The maximum absolute atomic E-state index is 6.23. The molecule has 26 heavy (non-hydrogen) atoms. The Hall–Kier alpha value is -1.47. The van der Waals surface area contributed by atoms with Gasteiger partial charge in [-0.3, -0.25) is 4.90 Å². The maximum atomic E-state index is 6.23. The van der Waals surface area contributed by atoms with Gasteiger partial charge in [-0.2, -0.15) is 0 Å². The molecule has 0 saturated carbocycles. The third kappa shape index (κ3) is 3.93. The topological polar surface area (TPSA) is 43.8 Å². The first-order valence-corrected chi connectivity index (χ1v) is 10.1. The molecule has 0 spiro atoms. The lowest BCUT2D eigenvalue weighted by Crippen LogP contribution is -2.41. The van der Waals surface area contributed by atoms with Crippen molar-refractivity contribution in [1.29, 1.82) is 0 Å². The number of methoxy groups -OCH3 is 1. The molecule has 140 valence electrons. The number of hydrogen-bond acceptors (Lipinski definition) is 6. The zero-order chi connectivity index (χ0) is 17.9. The first-order chi connectivity index (χ1) is 12.7. The number of benzene rings is 1. The molecular weight excluding hydrogens is 348 g/mol. The second-order valence-electron chi connectivity index (χ2n) is 7.03. The lowest BCUT2D eigenvalue weighted by atomic mass is 10.0. The Balaban J connectivity index is 1.41. The standard InChI is InChI=1S/C20H26N2O3S/c1-14-21-16(13-26-14)12-25-19-11-22(18-4-3-9-24-20(18)19)10-15-5-7-17(23-2)8-6-15/h5-8,13,18-20H,3-4,9-12H2,1-2H3/t18-,19-,20+/m1/s1. The van der Waals surface area contributed by atoms with Crippen molar-refractivity contribution in [3.8, 4) is 5.75 Å². The molecule has 1 aromatic heterocycles. The first kappa shape index (κ1) is 17.9. The molecular formula is C20H26N2O3S. The number of fused-ring (bicyclic) bond motifs is 1.